The monoisotopic (exact) mass is 326 g/mol. The Hall–Kier alpha value is -1.90. The summed E-state index contributed by atoms with van der Waals surface area (Å²) in [6.07, 6.45) is 2.60. The molecule has 1 N–H and O–H groups in total. The SMILES string of the molecule is Cc1cc(C)c(/C2=C(\O)C[C@@H]3CC[C@@H](C(=O)C3)[C@H](C)C2=O)c(C)c1. The number of rotatable bonds is 1. The van der Waals surface area contributed by atoms with Gasteiger partial charge in [0.15, 0.2) is 5.78 Å². The van der Waals surface area contributed by atoms with Gasteiger partial charge in [-0.15, -0.1) is 0 Å². The third-order valence-corrected chi connectivity index (χ3v) is 5.75. The van der Waals surface area contributed by atoms with Gasteiger partial charge in [0.2, 0.25) is 0 Å². The molecule has 1 aromatic carbocycles. The van der Waals surface area contributed by atoms with Gasteiger partial charge in [-0.25, -0.2) is 0 Å². The summed E-state index contributed by atoms with van der Waals surface area (Å²) in [5.74, 6) is -0.119. The summed E-state index contributed by atoms with van der Waals surface area (Å²) in [6.45, 7) is 7.85. The van der Waals surface area contributed by atoms with Crippen LogP contribution in [0.5, 0.6) is 0 Å². The zero-order chi connectivity index (χ0) is 17.6. The summed E-state index contributed by atoms with van der Waals surface area (Å²) in [6, 6.07) is 4.10. The molecule has 3 aliphatic rings. The van der Waals surface area contributed by atoms with Crippen molar-refractivity contribution < 1.29 is 14.7 Å². The first-order chi connectivity index (χ1) is 11.3. The molecule has 2 bridgehead atoms. The molecular formula is C21H26O3. The Morgan fingerprint density at radius 1 is 1.00 bits per heavy atom. The van der Waals surface area contributed by atoms with Gasteiger partial charge in [-0.3, -0.25) is 9.59 Å². The Balaban J connectivity index is 2.18. The molecular weight excluding hydrogens is 300 g/mol. The van der Waals surface area contributed by atoms with E-state index in [1.54, 1.807) is 0 Å². The molecule has 0 unspecified atom stereocenters. The highest BCUT2D eigenvalue weighted by molar-refractivity contribution is 6.23. The highest BCUT2D eigenvalue weighted by atomic mass is 16.3. The van der Waals surface area contributed by atoms with Crippen LogP contribution < -0.4 is 0 Å². The molecule has 4 rings (SSSR count). The van der Waals surface area contributed by atoms with Crippen LogP contribution in [-0.2, 0) is 9.59 Å². The topological polar surface area (TPSA) is 54.4 Å². The van der Waals surface area contributed by atoms with Gasteiger partial charge in [0.25, 0.3) is 0 Å². The Morgan fingerprint density at radius 2 is 1.62 bits per heavy atom. The molecule has 0 spiro atoms. The Morgan fingerprint density at radius 3 is 2.21 bits per heavy atom. The zero-order valence-corrected chi connectivity index (χ0v) is 15.0. The van der Waals surface area contributed by atoms with Crippen LogP contribution in [0.4, 0.5) is 0 Å². The van der Waals surface area contributed by atoms with Crippen molar-refractivity contribution in [3.63, 3.8) is 0 Å². The van der Waals surface area contributed by atoms with Crippen LogP contribution in [0, 0.1) is 38.5 Å². The summed E-state index contributed by atoms with van der Waals surface area (Å²) >= 11 is 0. The Labute approximate surface area is 143 Å². The first-order valence-corrected chi connectivity index (χ1v) is 8.86. The van der Waals surface area contributed by atoms with Gasteiger partial charge in [0.1, 0.15) is 11.5 Å². The standard InChI is InChI=1S/C21H26O3/c1-11-7-12(2)19(13(3)8-11)20-18(23)10-15-5-6-16(17(22)9-15)14(4)21(20)24/h7-8,14-16,23H,5-6,9-10H2,1-4H3/b20-18+/t14-,15+,16+/m0/s1. The summed E-state index contributed by atoms with van der Waals surface area (Å²) in [5.41, 5.74) is 4.46. The van der Waals surface area contributed by atoms with Gasteiger partial charge in [-0.2, -0.15) is 0 Å². The average Bonchev–Trinajstić information content (AvgIpc) is 2.54. The number of benzene rings is 1. The Kier molecular flexibility index (Phi) is 4.37. The number of carbonyl (C=O) groups excluding carboxylic acids is 2. The number of Topliss-reactive ketones (excluding diaryl/α,β-unsaturated/α-hetero) is 2. The molecule has 3 nitrogen and oxygen atoms in total. The molecule has 0 aliphatic heterocycles. The molecule has 0 amide bonds. The van der Waals surface area contributed by atoms with Crippen molar-refractivity contribution in [2.75, 3.05) is 0 Å². The van der Waals surface area contributed by atoms with E-state index in [0.29, 0.717) is 18.4 Å². The summed E-state index contributed by atoms with van der Waals surface area (Å²) in [7, 11) is 0. The van der Waals surface area contributed by atoms with E-state index in [0.717, 1.165) is 35.1 Å². The number of ketones is 2. The van der Waals surface area contributed by atoms with Crippen molar-refractivity contribution in [2.24, 2.45) is 17.8 Å². The zero-order valence-electron chi connectivity index (χ0n) is 15.0. The van der Waals surface area contributed by atoms with Crippen molar-refractivity contribution >= 4 is 17.1 Å². The van der Waals surface area contributed by atoms with E-state index in [4.69, 9.17) is 0 Å². The van der Waals surface area contributed by atoms with Crippen LogP contribution in [0.25, 0.3) is 5.57 Å². The fraction of sp³-hybridized carbons (Fsp3) is 0.524. The van der Waals surface area contributed by atoms with Crippen LogP contribution in [-0.4, -0.2) is 16.7 Å². The predicted octanol–water partition coefficient (Wildman–Crippen LogP) is 4.48. The number of aliphatic hydroxyl groups is 1. The second-order valence-electron chi connectivity index (χ2n) is 7.67. The second-order valence-corrected chi connectivity index (χ2v) is 7.67. The molecule has 1 fully saturated rings. The summed E-state index contributed by atoms with van der Waals surface area (Å²) < 4.78 is 0. The van der Waals surface area contributed by atoms with Gasteiger partial charge in [0.05, 0.1) is 5.57 Å². The lowest BCUT2D eigenvalue weighted by molar-refractivity contribution is -0.132. The summed E-state index contributed by atoms with van der Waals surface area (Å²) in [5, 5.41) is 10.8. The summed E-state index contributed by atoms with van der Waals surface area (Å²) in [4.78, 5) is 25.6. The molecule has 0 aromatic heterocycles. The molecule has 128 valence electrons. The number of fused-ring (bicyclic) bond motifs is 5. The van der Waals surface area contributed by atoms with Gasteiger partial charge < -0.3 is 5.11 Å². The number of carbonyl (C=O) groups is 2. The lowest BCUT2D eigenvalue weighted by Crippen LogP contribution is -2.32. The number of aliphatic hydroxyl groups excluding tert-OH is 1. The highest BCUT2D eigenvalue weighted by Gasteiger charge is 2.40. The first-order valence-electron chi connectivity index (χ1n) is 8.86. The van der Waals surface area contributed by atoms with Crippen molar-refractivity contribution in [1.82, 2.24) is 0 Å². The van der Waals surface area contributed by atoms with Gasteiger partial charge in [-0.05, 0) is 56.2 Å². The Bertz CT molecular complexity index is 718. The van der Waals surface area contributed by atoms with E-state index >= 15 is 0 Å². The fourth-order valence-electron chi connectivity index (χ4n) is 4.59. The van der Waals surface area contributed by atoms with E-state index in [2.05, 4.69) is 0 Å². The molecule has 1 aromatic rings. The van der Waals surface area contributed by atoms with Crippen LogP contribution in [0.2, 0.25) is 0 Å². The van der Waals surface area contributed by atoms with Crippen molar-refractivity contribution in [2.45, 2.75) is 53.4 Å². The molecule has 3 heteroatoms. The smallest absolute Gasteiger partial charge is 0.170 e. The molecule has 3 atom stereocenters. The maximum atomic E-state index is 13.2. The molecule has 0 saturated heterocycles. The second kappa shape index (κ2) is 6.19. The van der Waals surface area contributed by atoms with Crippen LogP contribution in [0.15, 0.2) is 17.9 Å². The molecule has 24 heavy (non-hydrogen) atoms. The van der Waals surface area contributed by atoms with E-state index in [1.807, 2.05) is 39.8 Å². The fourth-order valence-corrected chi connectivity index (χ4v) is 4.59. The molecule has 1 saturated carbocycles. The number of hydrogen-bond donors (Lipinski definition) is 1. The maximum absolute atomic E-state index is 13.2. The number of allylic oxidation sites excluding steroid dienone is 2. The van der Waals surface area contributed by atoms with Crippen molar-refractivity contribution in [1.29, 1.82) is 0 Å². The molecule has 0 heterocycles. The van der Waals surface area contributed by atoms with Crippen LogP contribution in [0.1, 0.15) is 54.9 Å². The van der Waals surface area contributed by atoms with Gasteiger partial charge >= 0.3 is 0 Å². The molecule has 3 aliphatic carbocycles. The maximum Gasteiger partial charge on any atom is 0.170 e. The predicted molar refractivity (Wildman–Crippen MR) is 94.8 cm³/mol. The van der Waals surface area contributed by atoms with Crippen molar-refractivity contribution in [3.8, 4) is 0 Å². The third kappa shape index (κ3) is 2.81. The van der Waals surface area contributed by atoms with Crippen LogP contribution in [0.3, 0.4) is 0 Å². The van der Waals surface area contributed by atoms with E-state index in [1.165, 1.54) is 0 Å². The van der Waals surface area contributed by atoms with E-state index < -0.39 is 0 Å². The normalized spacial score (nSPS) is 30.9. The van der Waals surface area contributed by atoms with Crippen molar-refractivity contribution in [3.05, 3.63) is 40.1 Å². The average molecular weight is 326 g/mol. The lowest BCUT2D eigenvalue weighted by atomic mass is 9.74. The number of aryl methyl sites for hydroxylation is 3. The molecule has 0 radical (unpaired) electrons. The van der Waals surface area contributed by atoms with Gasteiger partial charge in [-0.1, -0.05) is 24.6 Å². The minimum absolute atomic E-state index is 0.0801. The number of hydrogen-bond acceptors (Lipinski definition) is 3. The highest BCUT2D eigenvalue weighted by Crippen LogP contribution is 2.41. The van der Waals surface area contributed by atoms with Crippen LogP contribution >= 0.6 is 0 Å². The first kappa shape index (κ1) is 16.9. The lowest BCUT2D eigenvalue weighted by Gasteiger charge is -2.28. The van der Waals surface area contributed by atoms with Gasteiger partial charge in [0, 0.05) is 24.7 Å². The largest absolute Gasteiger partial charge is 0.512 e. The third-order valence-electron chi connectivity index (χ3n) is 5.75. The quantitative estimate of drug-likeness (QED) is 0.828. The minimum atomic E-state index is -0.367. The van der Waals surface area contributed by atoms with E-state index in [-0.39, 0.29) is 35.1 Å². The minimum Gasteiger partial charge on any atom is -0.512 e. The van der Waals surface area contributed by atoms with E-state index in [9.17, 15) is 14.7 Å².